The number of rotatable bonds is 2. The van der Waals surface area contributed by atoms with Crippen molar-refractivity contribution in [3.05, 3.63) is 89.2 Å². The first-order valence-electron chi connectivity index (χ1n) is 9.80. The number of nitrogens with zero attached hydrogens (tertiary/aromatic N) is 2. The number of fused-ring (bicyclic) bond motifs is 2. The lowest BCUT2D eigenvalue weighted by Crippen LogP contribution is -2.38. The lowest BCUT2D eigenvalue weighted by Gasteiger charge is -2.33. The molecule has 1 N–H and O–H groups in total. The van der Waals surface area contributed by atoms with Crippen molar-refractivity contribution in [3.63, 3.8) is 0 Å². The highest BCUT2D eigenvalue weighted by Crippen LogP contribution is 2.43. The van der Waals surface area contributed by atoms with Gasteiger partial charge in [-0.3, -0.25) is 14.8 Å². The third kappa shape index (κ3) is 3.45. The van der Waals surface area contributed by atoms with E-state index in [1.165, 1.54) is 0 Å². The number of pyridine rings is 1. The molecule has 1 fully saturated rings. The molecule has 1 aliphatic heterocycles. The number of nitrogens with one attached hydrogen (secondary N) is 1. The van der Waals surface area contributed by atoms with E-state index in [1.807, 2.05) is 66.9 Å². The van der Waals surface area contributed by atoms with Gasteiger partial charge in [-0.05, 0) is 53.8 Å². The van der Waals surface area contributed by atoms with Gasteiger partial charge in [0.25, 0.3) is 0 Å². The van der Waals surface area contributed by atoms with E-state index in [1.54, 1.807) is 6.20 Å². The van der Waals surface area contributed by atoms with Crippen molar-refractivity contribution < 1.29 is 4.79 Å². The molecule has 4 nitrogen and oxygen atoms in total. The maximum Gasteiger partial charge on any atom is 0.144 e. The highest BCUT2D eigenvalue weighted by atomic mass is 35.5. The van der Waals surface area contributed by atoms with E-state index in [0.29, 0.717) is 11.4 Å². The molecule has 2 aliphatic rings. The van der Waals surface area contributed by atoms with Gasteiger partial charge in [0.1, 0.15) is 5.78 Å². The number of benzene rings is 2. The third-order valence-electron chi connectivity index (χ3n) is 5.81. The summed E-state index contributed by atoms with van der Waals surface area (Å²) in [6, 6.07) is 19.5. The number of anilines is 1. The Balaban J connectivity index is 1.58. The fourth-order valence-corrected chi connectivity index (χ4v) is 4.53. The third-order valence-corrected chi connectivity index (χ3v) is 6.06. The van der Waals surface area contributed by atoms with E-state index >= 15 is 0 Å². The molecule has 3 unspecified atom stereocenters. The molecule has 0 spiro atoms. The van der Waals surface area contributed by atoms with Gasteiger partial charge in [-0.2, -0.15) is 0 Å². The Labute approximate surface area is 174 Å². The van der Waals surface area contributed by atoms with Crippen LogP contribution in [-0.4, -0.2) is 16.5 Å². The van der Waals surface area contributed by atoms with Crippen molar-refractivity contribution in [3.8, 4) is 0 Å². The van der Waals surface area contributed by atoms with Gasteiger partial charge < -0.3 is 5.32 Å². The molecule has 2 aromatic carbocycles. The molecule has 1 aliphatic carbocycles. The first kappa shape index (κ1) is 18.1. The fourth-order valence-electron chi connectivity index (χ4n) is 4.41. The maximum atomic E-state index is 13.4. The normalized spacial score (nSPS) is 23.3. The Morgan fingerprint density at radius 2 is 1.76 bits per heavy atom. The standard InChI is InChI=1S/C24H20ClN3O/c25-18-9-7-15(8-10-18)17-12-21-23(22(29)13-17)24(16-4-3-11-26-14-16)28-20-6-2-1-5-19(20)27-21/h1-11,14,17,23-24,28H,12-13H2. The highest BCUT2D eigenvalue weighted by Gasteiger charge is 2.41. The van der Waals surface area contributed by atoms with Crippen molar-refractivity contribution in [2.45, 2.75) is 24.8 Å². The van der Waals surface area contributed by atoms with E-state index < -0.39 is 0 Å². The van der Waals surface area contributed by atoms with Crippen molar-refractivity contribution in [2.75, 3.05) is 5.32 Å². The molecule has 1 aromatic heterocycles. The highest BCUT2D eigenvalue weighted by molar-refractivity contribution is 6.30. The molecular weight excluding hydrogens is 382 g/mol. The van der Waals surface area contributed by atoms with Crippen LogP contribution in [0.3, 0.4) is 0 Å². The summed E-state index contributed by atoms with van der Waals surface area (Å²) >= 11 is 6.05. The van der Waals surface area contributed by atoms with Gasteiger partial charge in [0.15, 0.2) is 0 Å². The Bertz CT molecular complexity index is 1080. The number of carbonyl (C=O) groups excluding carboxylic acids is 1. The summed E-state index contributed by atoms with van der Waals surface area (Å²) in [7, 11) is 0. The lowest BCUT2D eigenvalue weighted by molar-refractivity contribution is -0.122. The Kier molecular flexibility index (Phi) is 4.64. The van der Waals surface area contributed by atoms with Gasteiger partial charge in [0, 0.05) is 29.5 Å². The van der Waals surface area contributed by atoms with Crippen LogP contribution in [0.5, 0.6) is 0 Å². The number of aromatic nitrogens is 1. The fraction of sp³-hybridized carbons (Fsp3) is 0.208. The molecule has 5 rings (SSSR count). The molecule has 1 saturated carbocycles. The molecule has 5 heteroatoms. The summed E-state index contributed by atoms with van der Waals surface area (Å²) in [6.07, 6.45) is 4.84. The summed E-state index contributed by atoms with van der Waals surface area (Å²) in [6.45, 7) is 0. The van der Waals surface area contributed by atoms with Gasteiger partial charge in [-0.1, -0.05) is 41.9 Å². The van der Waals surface area contributed by atoms with E-state index in [-0.39, 0.29) is 23.7 Å². The average molecular weight is 402 g/mol. The summed E-state index contributed by atoms with van der Waals surface area (Å²) in [4.78, 5) is 22.6. The molecule has 3 atom stereocenters. The number of ketones is 1. The van der Waals surface area contributed by atoms with Crippen LogP contribution in [0.1, 0.15) is 35.9 Å². The summed E-state index contributed by atoms with van der Waals surface area (Å²) in [5.41, 5.74) is 4.89. The smallest absolute Gasteiger partial charge is 0.144 e. The summed E-state index contributed by atoms with van der Waals surface area (Å²) in [5, 5.41) is 4.28. The first-order chi connectivity index (χ1) is 14.2. The van der Waals surface area contributed by atoms with Gasteiger partial charge in [-0.15, -0.1) is 0 Å². The monoisotopic (exact) mass is 401 g/mol. The maximum absolute atomic E-state index is 13.4. The van der Waals surface area contributed by atoms with Crippen molar-refractivity contribution >= 4 is 34.5 Å². The zero-order chi connectivity index (χ0) is 19.8. The molecule has 29 heavy (non-hydrogen) atoms. The van der Waals surface area contributed by atoms with Gasteiger partial charge in [-0.25, -0.2) is 0 Å². The van der Waals surface area contributed by atoms with Crippen molar-refractivity contribution in [1.82, 2.24) is 4.98 Å². The van der Waals surface area contributed by atoms with E-state index in [9.17, 15) is 4.79 Å². The largest absolute Gasteiger partial charge is 0.375 e. The van der Waals surface area contributed by atoms with E-state index in [0.717, 1.165) is 34.6 Å². The molecule has 0 saturated heterocycles. The molecule has 0 radical (unpaired) electrons. The second-order valence-electron chi connectivity index (χ2n) is 7.63. The van der Waals surface area contributed by atoms with Gasteiger partial charge in [0.05, 0.1) is 23.3 Å². The molecule has 0 amide bonds. The van der Waals surface area contributed by atoms with Crippen LogP contribution in [0, 0.1) is 5.92 Å². The number of aliphatic imine (C=N–C) groups is 1. The van der Waals surface area contributed by atoms with Crippen LogP contribution in [0.25, 0.3) is 0 Å². The van der Waals surface area contributed by atoms with E-state index in [2.05, 4.69) is 10.3 Å². The van der Waals surface area contributed by atoms with Crippen LogP contribution in [0.4, 0.5) is 11.4 Å². The van der Waals surface area contributed by atoms with E-state index in [4.69, 9.17) is 16.6 Å². The number of hydrogen-bond acceptors (Lipinski definition) is 4. The van der Waals surface area contributed by atoms with Gasteiger partial charge >= 0.3 is 0 Å². The Morgan fingerprint density at radius 1 is 0.931 bits per heavy atom. The quantitative estimate of drug-likeness (QED) is 0.595. The Hall–Kier alpha value is -2.98. The van der Waals surface area contributed by atoms with Crippen molar-refractivity contribution in [1.29, 1.82) is 0 Å². The average Bonchev–Trinajstić information content (AvgIpc) is 2.92. The number of hydrogen-bond donors (Lipinski definition) is 1. The zero-order valence-corrected chi connectivity index (χ0v) is 16.5. The predicted octanol–water partition coefficient (Wildman–Crippen LogP) is 5.74. The second-order valence-corrected chi connectivity index (χ2v) is 8.07. The van der Waals surface area contributed by atoms with Crippen LogP contribution in [0.2, 0.25) is 5.02 Å². The zero-order valence-electron chi connectivity index (χ0n) is 15.8. The van der Waals surface area contributed by atoms with Crippen LogP contribution in [-0.2, 0) is 4.79 Å². The van der Waals surface area contributed by atoms with Crippen LogP contribution < -0.4 is 5.32 Å². The molecule has 144 valence electrons. The first-order valence-corrected chi connectivity index (χ1v) is 10.2. The molecule has 0 bridgehead atoms. The minimum atomic E-state index is -0.296. The summed E-state index contributed by atoms with van der Waals surface area (Å²) < 4.78 is 0. The number of para-hydroxylation sites is 2. The van der Waals surface area contributed by atoms with Crippen molar-refractivity contribution in [2.24, 2.45) is 10.9 Å². The summed E-state index contributed by atoms with van der Waals surface area (Å²) in [5.74, 6) is 0.0360. The number of carbonyl (C=O) groups is 1. The van der Waals surface area contributed by atoms with Crippen LogP contribution >= 0.6 is 11.6 Å². The number of Topliss-reactive ketones (excluding diaryl/α,β-unsaturated/α-hetero) is 1. The SMILES string of the molecule is O=C1CC(c2ccc(Cl)cc2)CC2=Nc3ccccc3NC(c3cccnc3)C12. The lowest BCUT2D eigenvalue weighted by atomic mass is 9.72. The van der Waals surface area contributed by atoms with Crippen LogP contribution in [0.15, 0.2) is 78.0 Å². The topological polar surface area (TPSA) is 54.4 Å². The molecular formula is C24H20ClN3O. The Morgan fingerprint density at radius 3 is 2.55 bits per heavy atom. The second kappa shape index (κ2) is 7.45. The number of halogens is 1. The molecule has 2 heterocycles. The van der Waals surface area contributed by atoms with Gasteiger partial charge in [0.2, 0.25) is 0 Å². The minimum Gasteiger partial charge on any atom is -0.375 e. The minimum absolute atomic E-state index is 0.120. The molecule has 3 aromatic rings. The predicted molar refractivity (Wildman–Crippen MR) is 116 cm³/mol.